The van der Waals surface area contributed by atoms with Gasteiger partial charge in [0, 0.05) is 16.3 Å². The Balaban J connectivity index is 1.92. The Labute approximate surface area is 121 Å². The van der Waals surface area contributed by atoms with Gasteiger partial charge in [-0.05, 0) is 42.8 Å². The molecule has 1 amide bonds. The number of nitrogens with two attached hydrogens (primary N) is 1. The third-order valence-electron chi connectivity index (χ3n) is 2.63. The fourth-order valence-electron chi connectivity index (χ4n) is 1.71. The average Bonchev–Trinajstić information content (AvgIpc) is 2.37. The van der Waals surface area contributed by atoms with E-state index in [1.165, 1.54) is 23.9 Å². The van der Waals surface area contributed by atoms with Crippen molar-refractivity contribution in [3.05, 3.63) is 53.8 Å². The molecule has 0 atom stereocenters. The lowest BCUT2D eigenvalue weighted by Gasteiger charge is -2.07. The van der Waals surface area contributed by atoms with Gasteiger partial charge in [-0.1, -0.05) is 12.1 Å². The first-order valence-corrected chi connectivity index (χ1v) is 7.07. The average molecular weight is 290 g/mol. The third kappa shape index (κ3) is 3.99. The van der Waals surface area contributed by atoms with E-state index in [1.54, 1.807) is 6.07 Å². The van der Waals surface area contributed by atoms with Crippen molar-refractivity contribution in [2.45, 2.75) is 11.8 Å². The molecule has 0 radical (unpaired) electrons. The minimum atomic E-state index is -0.379. The molecule has 0 saturated carbocycles. The Morgan fingerprint density at radius 3 is 2.80 bits per heavy atom. The summed E-state index contributed by atoms with van der Waals surface area (Å²) in [6.07, 6.45) is 0. The molecule has 0 aromatic heterocycles. The van der Waals surface area contributed by atoms with Crippen LogP contribution in [-0.4, -0.2) is 11.7 Å². The lowest BCUT2D eigenvalue weighted by molar-refractivity contribution is -0.113. The molecule has 0 aliphatic carbocycles. The van der Waals surface area contributed by atoms with E-state index in [1.807, 2.05) is 31.2 Å². The molecule has 0 aliphatic heterocycles. The van der Waals surface area contributed by atoms with Crippen molar-refractivity contribution in [1.82, 2.24) is 0 Å². The first-order valence-electron chi connectivity index (χ1n) is 6.09. The number of benzene rings is 2. The topological polar surface area (TPSA) is 55.1 Å². The van der Waals surface area contributed by atoms with Crippen LogP contribution in [0.4, 0.5) is 15.8 Å². The van der Waals surface area contributed by atoms with Crippen molar-refractivity contribution in [2.75, 3.05) is 16.8 Å². The number of thioether (sulfide) groups is 1. The van der Waals surface area contributed by atoms with Crippen molar-refractivity contribution in [3.63, 3.8) is 0 Å². The van der Waals surface area contributed by atoms with Crippen LogP contribution in [-0.2, 0) is 4.79 Å². The molecule has 0 aliphatic rings. The summed E-state index contributed by atoms with van der Waals surface area (Å²) in [5.41, 5.74) is 7.88. The number of hydrogen-bond acceptors (Lipinski definition) is 3. The smallest absolute Gasteiger partial charge is 0.234 e. The molecule has 3 nitrogen and oxygen atoms in total. The van der Waals surface area contributed by atoms with Gasteiger partial charge >= 0.3 is 0 Å². The van der Waals surface area contributed by atoms with Crippen molar-refractivity contribution in [2.24, 2.45) is 0 Å². The number of anilines is 2. The highest BCUT2D eigenvalue weighted by molar-refractivity contribution is 8.00. The van der Waals surface area contributed by atoms with E-state index in [0.29, 0.717) is 10.6 Å². The third-order valence-corrected chi connectivity index (χ3v) is 3.72. The van der Waals surface area contributed by atoms with E-state index < -0.39 is 0 Å². The molecule has 2 aromatic rings. The molecule has 0 spiro atoms. The van der Waals surface area contributed by atoms with E-state index in [9.17, 15) is 9.18 Å². The molecule has 0 unspecified atom stereocenters. The predicted molar refractivity (Wildman–Crippen MR) is 81.3 cm³/mol. The number of carbonyl (C=O) groups is 1. The standard InChI is InChI=1S/C15H15FN2OS/c1-10-3-2-4-12(7-10)18-15(19)9-20-14-6-5-11(16)8-13(14)17/h2-8H,9,17H2,1H3,(H,18,19). The van der Waals surface area contributed by atoms with Crippen LogP contribution in [0.3, 0.4) is 0 Å². The summed E-state index contributed by atoms with van der Waals surface area (Å²) in [7, 11) is 0. The Morgan fingerprint density at radius 2 is 2.10 bits per heavy atom. The van der Waals surface area contributed by atoms with Gasteiger partial charge in [-0.2, -0.15) is 0 Å². The van der Waals surface area contributed by atoms with Crippen LogP contribution in [0.5, 0.6) is 0 Å². The number of amides is 1. The van der Waals surface area contributed by atoms with Crippen LogP contribution in [0, 0.1) is 12.7 Å². The second kappa shape index (κ2) is 6.43. The first-order chi connectivity index (χ1) is 9.54. The lowest BCUT2D eigenvalue weighted by atomic mass is 10.2. The second-order valence-corrected chi connectivity index (χ2v) is 5.41. The van der Waals surface area contributed by atoms with E-state index >= 15 is 0 Å². The van der Waals surface area contributed by atoms with Gasteiger partial charge in [0.05, 0.1) is 5.75 Å². The molecule has 2 rings (SSSR count). The van der Waals surface area contributed by atoms with Crippen LogP contribution in [0.15, 0.2) is 47.4 Å². The van der Waals surface area contributed by atoms with Gasteiger partial charge in [-0.3, -0.25) is 4.79 Å². The quantitative estimate of drug-likeness (QED) is 0.670. The molecular formula is C15H15FN2OS. The molecule has 2 aromatic carbocycles. The van der Waals surface area contributed by atoms with Crippen molar-refractivity contribution >= 4 is 29.0 Å². The summed E-state index contributed by atoms with van der Waals surface area (Å²) in [5, 5.41) is 2.81. The highest BCUT2D eigenvalue weighted by atomic mass is 32.2. The molecule has 104 valence electrons. The van der Waals surface area contributed by atoms with Crippen LogP contribution in [0.25, 0.3) is 0 Å². The highest BCUT2D eigenvalue weighted by Gasteiger charge is 2.06. The summed E-state index contributed by atoms with van der Waals surface area (Å²) in [6.45, 7) is 1.96. The maximum Gasteiger partial charge on any atom is 0.234 e. The van der Waals surface area contributed by atoms with Crippen LogP contribution in [0.1, 0.15) is 5.56 Å². The molecule has 0 bridgehead atoms. The van der Waals surface area contributed by atoms with Gasteiger partial charge < -0.3 is 11.1 Å². The number of hydrogen-bond donors (Lipinski definition) is 2. The minimum absolute atomic E-state index is 0.121. The number of nitrogen functional groups attached to an aromatic ring is 1. The summed E-state index contributed by atoms with van der Waals surface area (Å²) < 4.78 is 12.9. The van der Waals surface area contributed by atoms with Crippen molar-refractivity contribution < 1.29 is 9.18 Å². The van der Waals surface area contributed by atoms with Gasteiger partial charge in [-0.25, -0.2) is 4.39 Å². The zero-order valence-electron chi connectivity index (χ0n) is 11.0. The first kappa shape index (κ1) is 14.4. The largest absolute Gasteiger partial charge is 0.398 e. The lowest BCUT2D eigenvalue weighted by Crippen LogP contribution is -2.14. The van der Waals surface area contributed by atoms with Crippen LogP contribution < -0.4 is 11.1 Å². The van der Waals surface area contributed by atoms with Crippen LogP contribution in [0.2, 0.25) is 0 Å². The Kier molecular flexibility index (Phi) is 4.63. The van der Waals surface area contributed by atoms with E-state index in [-0.39, 0.29) is 17.5 Å². The molecule has 20 heavy (non-hydrogen) atoms. The zero-order chi connectivity index (χ0) is 14.5. The molecule has 3 N–H and O–H groups in total. The van der Waals surface area contributed by atoms with E-state index in [4.69, 9.17) is 5.73 Å². The molecule has 0 saturated heterocycles. The van der Waals surface area contributed by atoms with E-state index in [2.05, 4.69) is 5.32 Å². The molecule has 5 heteroatoms. The summed E-state index contributed by atoms with van der Waals surface area (Å²) in [6, 6.07) is 11.7. The Hall–Kier alpha value is -2.01. The van der Waals surface area contributed by atoms with Gasteiger partial charge in [-0.15, -0.1) is 11.8 Å². The Bertz CT molecular complexity index is 631. The SMILES string of the molecule is Cc1cccc(NC(=O)CSc2ccc(F)cc2N)c1. The van der Waals surface area contributed by atoms with Gasteiger partial charge in [0.1, 0.15) is 5.82 Å². The number of halogens is 1. The summed E-state index contributed by atoms with van der Waals surface area (Å²) >= 11 is 1.28. The molecule has 0 fully saturated rings. The van der Waals surface area contributed by atoms with Gasteiger partial charge in [0.15, 0.2) is 0 Å². The number of rotatable bonds is 4. The minimum Gasteiger partial charge on any atom is -0.398 e. The number of aryl methyl sites for hydroxylation is 1. The second-order valence-electron chi connectivity index (χ2n) is 4.39. The van der Waals surface area contributed by atoms with Gasteiger partial charge in [0.25, 0.3) is 0 Å². The van der Waals surface area contributed by atoms with Crippen LogP contribution >= 0.6 is 11.8 Å². The number of carbonyl (C=O) groups excluding carboxylic acids is 1. The monoisotopic (exact) mass is 290 g/mol. The zero-order valence-corrected chi connectivity index (χ0v) is 11.8. The highest BCUT2D eigenvalue weighted by Crippen LogP contribution is 2.25. The fourth-order valence-corrected chi connectivity index (χ4v) is 2.46. The predicted octanol–water partition coefficient (Wildman–Crippen LogP) is 3.45. The molecule has 0 heterocycles. The van der Waals surface area contributed by atoms with Gasteiger partial charge in [0.2, 0.25) is 5.91 Å². The summed E-state index contributed by atoms with van der Waals surface area (Å²) in [5.74, 6) is -0.274. The summed E-state index contributed by atoms with van der Waals surface area (Å²) in [4.78, 5) is 12.5. The normalized spacial score (nSPS) is 10.3. The van der Waals surface area contributed by atoms with Crippen molar-refractivity contribution in [3.8, 4) is 0 Å². The fraction of sp³-hybridized carbons (Fsp3) is 0.133. The molecular weight excluding hydrogens is 275 g/mol. The Morgan fingerprint density at radius 1 is 1.30 bits per heavy atom. The van der Waals surface area contributed by atoms with E-state index in [0.717, 1.165) is 11.3 Å². The maximum absolute atomic E-state index is 12.9. The maximum atomic E-state index is 12.9. The van der Waals surface area contributed by atoms with Crippen molar-refractivity contribution in [1.29, 1.82) is 0 Å². The number of nitrogens with one attached hydrogen (secondary N) is 1.